The molecule has 0 aliphatic carbocycles. The highest BCUT2D eigenvalue weighted by molar-refractivity contribution is 8.03. The van der Waals surface area contributed by atoms with Gasteiger partial charge in [-0.2, -0.15) is 5.26 Å². The Morgan fingerprint density at radius 1 is 1.12 bits per heavy atom. The number of para-hydroxylation sites is 2. The third kappa shape index (κ3) is 5.58. The molecular weight excluding hydrogens is 501 g/mol. The molecule has 4 aromatic rings. The highest BCUT2D eigenvalue weighted by Gasteiger charge is 2.14. The van der Waals surface area contributed by atoms with Gasteiger partial charge in [0.1, 0.15) is 12.7 Å². The number of imidazole rings is 1. The van der Waals surface area contributed by atoms with Crippen molar-refractivity contribution < 1.29 is 9.47 Å². The lowest BCUT2D eigenvalue weighted by Gasteiger charge is -2.14. The molecule has 1 N–H and O–H groups in total. The fraction of sp³-hybridized carbons (Fsp3) is 0.0833. The number of methoxy groups -OCH3 is 1. The second-order valence-electron chi connectivity index (χ2n) is 6.84. The lowest BCUT2D eigenvalue weighted by atomic mass is 10.2. The number of halogens is 3. The molecule has 33 heavy (non-hydrogen) atoms. The average Bonchev–Trinajstić information content (AvgIpc) is 3.21. The van der Waals surface area contributed by atoms with Gasteiger partial charge in [0.25, 0.3) is 0 Å². The van der Waals surface area contributed by atoms with Crippen molar-refractivity contribution in [3.05, 3.63) is 85.7 Å². The molecule has 0 fully saturated rings. The van der Waals surface area contributed by atoms with Gasteiger partial charge in [-0.25, -0.2) is 4.98 Å². The van der Waals surface area contributed by atoms with E-state index in [0.717, 1.165) is 16.6 Å². The number of allylic oxidation sites excluding steroid dienone is 1. The van der Waals surface area contributed by atoms with Crippen molar-refractivity contribution in [1.29, 1.82) is 5.26 Å². The van der Waals surface area contributed by atoms with Gasteiger partial charge in [-0.1, -0.05) is 53.0 Å². The summed E-state index contributed by atoms with van der Waals surface area (Å²) in [6.07, 6.45) is 1.71. The molecule has 0 saturated carbocycles. The lowest BCUT2D eigenvalue weighted by Crippen LogP contribution is -1.99. The van der Waals surface area contributed by atoms with E-state index in [0.29, 0.717) is 42.2 Å². The molecule has 0 spiro atoms. The minimum atomic E-state index is 0.187. The first kappa shape index (κ1) is 23.3. The molecule has 1 aromatic heterocycles. The Balaban J connectivity index is 1.56. The van der Waals surface area contributed by atoms with Crippen LogP contribution in [0.15, 0.2) is 64.7 Å². The van der Waals surface area contributed by atoms with Crippen LogP contribution in [0.2, 0.25) is 15.1 Å². The van der Waals surface area contributed by atoms with Gasteiger partial charge in [-0.3, -0.25) is 0 Å². The highest BCUT2D eigenvalue weighted by Crippen LogP contribution is 2.39. The summed E-state index contributed by atoms with van der Waals surface area (Å²) in [4.78, 5) is 8.14. The molecule has 5 nitrogen and oxygen atoms in total. The van der Waals surface area contributed by atoms with E-state index in [2.05, 4.69) is 16.0 Å². The van der Waals surface area contributed by atoms with Crippen LogP contribution in [0.5, 0.6) is 11.5 Å². The largest absolute Gasteiger partial charge is 0.493 e. The van der Waals surface area contributed by atoms with Crippen LogP contribution in [0.4, 0.5) is 0 Å². The Labute approximate surface area is 209 Å². The number of rotatable bonds is 7. The lowest BCUT2D eigenvalue weighted by molar-refractivity contribution is 0.285. The van der Waals surface area contributed by atoms with Crippen molar-refractivity contribution in [3.8, 4) is 17.6 Å². The third-order valence-electron chi connectivity index (χ3n) is 4.62. The fourth-order valence-electron chi connectivity index (χ4n) is 3.07. The van der Waals surface area contributed by atoms with Gasteiger partial charge < -0.3 is 14.5 Å². The van der Waals surface area contributed by atoms with Crippen LogP contribution < -0.4 is 9.47 Å². The number of thioether (sulfide) groups is 1. The summed E-state index contributed by atoms with van der Waals surface area (Å²) in [6, 6.07) is 18.5. The van der Waals surface area contributed by atoms with Crippen LogP contribution in [0.25, 0.3) is 17.1 Å². The second kappa shape index (κ2) is 10.4. The van der Waals surface area contributed by atoms with E-state index in [9.17, 15) is 5.26 Å². The third-order valence-corrected chi connectivity index (χ3v) is 6.30. The average molecular weight is 517 g/mol. The Bertz CT molecular complexity index is 1360. The summed E-state index contributed by atoms with van der Waals surface area (Å²) in [7, 11) is 1.52. The monoisotopic (exact) mass is 515 g/mol. The van der Waals surface area contributed by atoms with E-state index < -0.39 is 0 Å². The van der Waals surface area contributed by atoms with Gasteiger partial charge in [0.15, 0.2) is 16.7 Å². The van der Waals surface area contributed by atoms with Gasteiger partial charge in [-0.15, -0.1) is 0 Å². The number of aromatic amines is 1. The van der Waals surface area contributed by atoms with E-state index in [1.54, 1.807) is 36.4 Å². The van der Waals surface area contributed by atoms with Crippen LogP contribution in [0.3, 0.4) is 0 Å². The molecule has 0 unspecified atom stereocenters. The Hall–Kier alpha value is -2.82. The van der Waals surface area contributed by atoms with Gasteiger partial charge in [0, 0.05) is 15.6 Å². The van der Waals surface area contributed by atoms with E-state index >= 15 is 0 Å². The molecule has 0 atom stereocenters. The van der Waals surface area contributed by atoms with E-state index in [-0.39, 0.29) is 6.61 Å². The van der Waals surface area contributed by atoms with Crippen molar-refractivity contribution in [1.82, 2.24) is 9.97 Å². The smallest absolute Gasteiger partial charge is 0.180 e. The predicted molar refractivity (Wildman–Crippen MR) is 134 cm³/mol. The van der Waals surface area contributed by atoms with E-state index in [1.807, 2.05) is 24.3 Å². The predicted octanol–water partition coefficient (Wildman–Crippen LogP) is 7.77. The number of aromatic nitrogens is 2. The molecule has 9 heteroatoms. The number of nitrogens with one attached hydrogen (secondary N) is 1. The topological polar surface area (TPSA) is 70.9 Å². The zero-order valence-electron chi connectivity index (χ0n) is 17.2. The minimum absolute atomic E-state index is 0.187. The maximum absolute atomic E-state index is 9.64. The Morgan fingerprint density at radius 2 is 1.94 bits per heavy atom. The first-order valence-corrected chi connectivity index (χ1v) is 11.6. The van der Waals surface area contributed by atoms with Crippen LogP contribution >= 0.6 is 46.6 Å². The molecule has 1 heterocycles. The van der Waals surface area contributed by atoms with Crippen molar-refractivity contribution in [2.24, 2.45) is 0 Å². The fourth-order valence-corrected chi connectivity index (χ4v) is 4.56. The van der Waals surface area contributed by atoms with E-state index in [4.69, 9.17) is 44.3 Å². The summed E-state index contributed by atoms with van der Waals surface area (Å²) < 4.78 is 11.4. The normalized spacial score (nSPS) is 11.4. The Morgan fingerprint density at radius 3 is 2.67 bits per heavy atom. The number of nitriles is 1. The van der Waals surface area contributed by atoms with Crippen molar-refractivity contribution in [2.45, 2.75) is 11.8 Å². The number of hydrogen-bond acceptors (Lipinski definition) is 5. The molecule has 4 rings (SSSR count). The summed E-state index contributed by atoms with van der Waals surface area (Å²) in [5.41, 5.74) is 3.19. The van der Waals surface area contributed by atoms with Gasteiger partial charge in [0.05, 0.1) is 28.1 Å². The quantitative estimate of drug-likeness (QED) is 0.201. The molecule has 0 amide bonds. The molecule has 0 bridgehead atoms. The number of ether oxygens (including phenoxy) is 2. The number of benzene rings is 3. The second-order valence-corrected chi connectivity index (χ2v) is 9.12. The molecule has 166 valence electrons. The molecular formula is C24H16Cl3N3O2S. The van der Waals surface area contributed by atoms with Crippen LogP contribution in [-0.4, -0.2) is 17.1 Å². The molecule has 0 aliphatic rings. The highest BCUT2D eigenvalue weighted by atomic mass is 35.5. The number of hydrogen-bond donors (Lipinski definition) is 1. The minimum Gasteiger partial charge on any atom is -0.493 e. The summed E-state index contributed by atoms with van der Waals surface area (Å²) in [6.45, 7) is 0.187. The number of fused-ring (bicyclic) bond motifs is 1. The maximum Gasteiger partial charge on any atom is 0.180 e. The van der Waals surface area contributed by atoms with Gasteiger partial charge in [0.2, 0.25) is 0 Å². The molecule has 3 aromatic carbocycles. The van der Waals surface area contributed by atoms with Crippen LogP contribution in [-0.2, 0) is 6.61 Å². The van der Waals surface area contributed by atoms with Crippen LogP contribution in [0, 0.1) is 11.3 Å². The zero-order valence-corrected chi connectivity index (χ0v) is 20.3. The zero-order chi connectivity index (χ0) is 23.4. The number of nitrogens with zero attached hydrogens (tertiary/aromatic N) is 2. The SMILES string of the molecule is COc1cc(/C=C(\C#N)Sc2nc3ccccc3[nH]2)cc(Cl)c1OCc1ccc(Cl)cc1Cl. The first-order chi connectivity index (χ1) is 16.0. The van der Waals surface area contributed by atoms with Crippen LogP contribution in [0.1, 0.15) is 11.1 Å². The van der Waals surface area contributed by atoms with Gasteiger partial charge >= 0.3 is 0 Å². The number of H-pyrrole nitrogens is 1. The molecule has 0 saturated heterocycles. The maximum atomic E-state index is 9.64. The van der Waals surface area contributed by atoms with Gasteiger partial charge in [-0.05, 0) is 59.8 Å². The Kier molecular flexibility index (Phi) is 7.36. The standard InChI is InChI=1S/C24H16Cl3N3O2S/c1-31-22-10-14(8-17(12-28)33-24-29-20-4-2-3-5-21(20)30-24)9-19(27)23(22)32-13-15-6-7-16(25)11-18(15)26/h2-11H,13H2,1H3,(H,29,30)/b17-8+. The van der Waals surface area contributed by atoms with Crippen molar-refractivity contribution in [3.63, 3.8) is 0 Å². The summed E-state index contributed by atoms with van der Waals surface area (Å²) >= 11 is 19.9. The first-order valence-electron chi connectivity index (χ1n) is 9.65. The molecule has 0 aliphatic heterocycles. The molecule has 0 radical (unpaired) electrons. The van der Waals surface area contributed by atoms with Crippen molar-refractivity contribution in [2.75, 3.05) is 7.11 Å². The summed E-state index contributed by atoms with van der Waals surface area (Å²) in [5, 5.41) is 11.7. The van der Waals surface area contributed by atoms with E-state index in [1.165, 1.54) is 18.9 Å². The van der Waals surface area contributed by atoms with Crippen molar-refractivity contribution >= 4 is 63.7 Å². The summed E-state index contributed by atoms with van der Waals surface area (Å²) in [5.74, 6) is 0.815.